The summed E-state index contributed by atoms with van der Waals surface area (Å²) in [6.45, 7) is 6.07. The van der Waals surface area contributed by atoms with Gasteiger partial charge in [-0.15, -0.1) is 0 Å². The molecule has 5 heteroatoms. The lowest BCUT2D eigenvalue weighted by atomic mass is 10.4. The number of rotatable bonds is 6. The van der Waals surface area contributed by atoms with Gasteiger partial charge in [-0.3, -0.25) is 4.79 Å². The number of carbonyl (C=O) groups is 1. The maximum atomic E-state index is 9.59. The molecule has 0 radical (unpaired) electrons. The Morgan fingerprint density at radius 2 is 1.87 bits per heavy atom. The molecule has 0 bridgehead atoms. The van der Waals surface area contributed by atoms with Crippen LogP contribution in [0.1, 0.15) is 27.2 Å². The van der Waals surface area contributed by atoms with Gasteiger partial charge in [-0.1, -0.05) is 6.92 Å². The van der Waals surface area contributed by atoms with Crippen molar-refractivity contribution in [3.05, 3.63) is 0 Å². The molecule has 0 saturated carbocycles. The molecule has 1 amide bonds. The zero-order valence-corrected chi connectivity index (χ0v) is 10.0. The quantitative estimate of drug-likeness (QED) is 0.676. The van der Waals surface area contributed by atoms with Crippen molar-refractivity contribution < 1.29 is 19.4 Å². The van der Waals surface area contributed by atoms with Gasteiger partial charge in [-0.05, 0) is 13.8 Å². The maximum absolute atomic E-state index is 9.59. The van der Waals surface area contributed by atoms with Crippen molar-refractivity contribution in [1.29, 1.82) is 0 Å². The third kappa shape index (κ3) is 16.1. The van der Waals surface area contributed by atoms with Gasteiger partial charge in [0.1, 0.15) is 0 Å². The number of hydrogen-bond donors (Lipinski definition) is 2. The summed E-state index contributed by atoms with van der Waals surface area (Å²) in [6.07, 6.45) is 0.464. The number of nitrogens with two attached hydrogens (primary N) is 1. The van der Waals surface area contributed by atoms with Crippen LogP contribution in [0.15, 0.2) is 0 Å². The normalized spacial score (nSPS) is 13.7. The number of primary amides is 1. The van der Waals surface area contributed by atoms with Gasteiger partial charge in [0.2, 0.25) is 5.91 Å². The summed E-state index contributed by atoms with van der Waals surface area (Å²) in [5.74, 6) is -0.245. The van der Waals surface area contributed by atoms with Crippen LogP contribution >= 0.6 is 0 Å². The summed E-state index contributed by atoms with van der Waals surface area (Å²) in [4.78, 5) is 9.59. The Labute approximate surface area is 91.6 Å². The molecule has 5 nitrogen and oxygen atoms in total. The molecule has 2 atom stereocenters. The lowest BCUT2D eigenvalue weighted by Crippen LogP contribution is -2.21. The van der Waals surface area contributed by atoms with Crippen molar-refractivity contribution in [3.63, 3.8) is 0 Å². The van der Waals surface area contributed by atoms with Crippen LogP contribution in [0.4, 0.5) is 0 Å². The summed E-state index contributed by atoms with van der Waals surface area (Å²) in [6, 6.07) is 0. The van der Waals surface area contributed by atoms with Crippen LogP contribution < -0.4 is 5.73 Å². The summed E-state index contributed by atoms with van der Waals surface area (Å²) in [5, 5.41) is 8.55. The molecule has 3 N–H and O–H groups in total. The van der Waals surface area contributed by atoms with E-state index in [4.69, 9.17) is 14.6 Å². The third-order valence-corrected chi connectivity index (χ3v) is 1.62. The van der Waals surface area contributed by atoms with E-state index in [0.29, 0.717) is 13.0 Å². The van der Waals surface area contributed by atoms with E-state index in [-0.39, 0.29) is 24.7 Å². The van der Waals surface area contributed by atoms with Gasteiger partial charge >= 0.3 is 0 Å². The van der Waals surface area contributed by atoms with E-state index >= 15 is 0 Å². The fourth-order valence-electron chi connectivity index (χ4n) is 0.421. The van der Waals surface area contributed by atoms with E-state index in [1.54, 1.807) is 14.0 Å². The molecular formula is C10H23NO4. The first kappa shape index (κ1) is 16.8. The molecule has 0 heterocycles. The average Bonchev–Trinajstić information content (AvgIpc) is 2.25. The highest BCUT2D eigenvalue weighted by molar-refractivity contribution is 5.73. The molecule has 0 aromatic rings. The van der Waals surface area contributed by atoms with Crippen LogP contribution in [0.3, 0.4) is 0 Å². The standard InChI is InChI=1S/C7H16O3.C3H7NO/c1-6(4-8)10-5-7(2)9-3;1-2-3(4)5/h6-8H,4-5H2,1-3H3;2H2,1H3,(H2,4,5). The number of aliphatic hydroxyl groups excluding tert-OH is 1. The molecule has 0 spiro atoms. The largest absolute Gasteiger partial charge is 0.394 e. The predicted octanol–water partition coefficient (Wildman–Crippen LogP) is 0.300. The SMILES string of the molecule is CCC(N)=O.COC(C)COC(C)CO. The van der Waals surface area contributed by atoms with Crippen LogP contribution in [0, 0.1) is 0 Å². The van der Waals surface area contributed by atoms with E-state index < -0.39 is 0 Å². The lowest BCUT2D eigenvalue weighted by molar-refractivity contribution is -0.117. The Hall–Kier alpha value is -0.650. The fraction of sp³-hybridized carbons (Fsp3) is 0.900. The van der Waals surface area contributed by atoms with Crippen LogP contribution in [0.2, 0.25) is 0 Å². The smallest absolute Gasteiger partial charge is 0.217 e. The van der Waals surface area contributed by atoms with Gasteiger partial charge < -0.3 is 20.3 Å². The second kappa shape index (κ2) is 11.4. The number of hydrogen-bond acceptors (Lipinski definition) is 4. The molecule has 0 saturated heterocycles. The number of carbonyl (C=O) groups excluding carboxylic acids is 1. The summed E-state index contributed by atoms with van der Waals surface area (Å²) in [7, 11) is 1.64. The number of aliphatic hydroxyl groups is 1. The Morgan fingerprint density at radius 1 is 1.40 bits per heavy atom. The van der Waals surface area contributed by atoms with Gasteiger partial charge in [0, 0.05) is 13.5 Å². The first-order chi connectivity index (χ1) is 6.97. The molecule has 15 heavy (non-hydrogen) atoms. The van der Waals surface area contributed by atoms with Crippen LogP contribution in [0.5, 0.6) is 0 Å². The summed E-state index contributed by atoms with van der Waals surface area (Å²) in [5.41, 5.74) is 4.65. The van der Waals surface area contributed by atoms with Crippen LogP contribution in [-0.2, 0) is 14.3 Å². The monoisotopic (exact) mass is 221 g/mol. The van der Waals surface area contributed by atoms with Crippen LogP contribution in [0.25, 0.3) is 0 Å². The highest BCUT2D eigenvalue weighted by Crippen LogP contribution is 1.93. The summed E-state index contributed by atoms with van der Waals surface area (Å²) >= 11 is 0. The first-order valence-electron chi connectivity index (χ1n) is 5.01. The van der Waals surface area contributed by atoms with E-state index in [1.165, 1.54) is 0 Å². The topological polar surface area (TPSA) is 81.8 Å². The minimum absolute atomic E-state index is 0.0659. The molecule has 2 unspecified atom stereocenters. The molecule has 0 aromatic carbocycles. The van der Waals surface area contributed by atoms with E-state index in [1.807, 2.05) is 13.8 Å². The lowest BCUT2D eigenvalue weighted by Gasteiger charge is -2.13. The molecule has 0 aliphatic heterocycles. The molecular weight excluding hydrogens is 198 g/mol. The fourth-order valence-corrected chi connectivity index (χ4v) is 0.421. The molecule has 0 rings (SSSR count). The number of amides is 1. The van der Waals surface area contributed by atoms with Gasteiger partial charge in [0.25, 0.3) is 0 Å². The van der Waals surface area contributed by atoms with E-state index in [0.717, 1.165) is 0 Å². The Morgan fingerprint density at radius 3 is 2.13 bits per heavy atom. The second-order valence-corrected chi connectivity index (χ2v) is 3.19. The van der Waals surface area contributed by atoms with Crippen molar-refractivity contribution in [2.45, 2.75) is 39.4 Å². The Balaban J connectivity index is 0. The third-order valence-electron chi connectivity index (χ3n) is 1.62. The van der Waals surface area contributed by atoms with Crippen molar-refractivity contribution in [2.75, 3.05) is 20.3 Å². The van der Waals surface area contributed by atoms with Crippen LogP contribution in [-0.4, -0.2) is 43.5 Å². The zero-order valence-electron chi connectivity index (χ0n) is 10.0. The van der Waals surface area contributed by atoms with E-state index in [9.17, 15) is 4.79 Å². The minimum Gasteiger partial charge on any atom is -0.394 e. The molecule has 92 valence electrons. The Bertz CT molecular complexity index is 142. The summed E-state index contributed by atoms with van der Waals surface area (Å²) < 4.78 is 10.1. The highest BCUT2D eigenvalue weighted by Gasteiger charge is 2.03. The molecule has 0 aromatic heterocycles. The highest BCUT2D eigenvalue weighted by atomic mass is 16.5. The average molecular weight is 221 g/mol. The minimum atomic E-state index is -0.245. The number of ether oxygens (including phenoxy) is 2. The van der Waals surface area contributed by atoms with Gasteiger partial charge in [-0.25, -0.2) is 0 Å². The van der Waals surface area contributed by atoms with Crippen molar-refractivity contribution in [1.82, 2.24) is 0 Å². The predicted molar refractivity (Wildman–Crippen MR) is 58.5 cm³/mol. The van der Waals surface area contributed by atoms with Gasteiger partial charge in [-0.2, -0.15) is 0 Å². The zero-order chi connectivity index (χ0) is 12.3. The van der Waals surface area contributed by atoms with Crippen molar-refractivity contribution in [3.8, 4) is 0 Å². The van der Waals surface area contributed by atoms with Gasteiger partial charge in [0.05, 0.1) is 25.4 Å². The molecule has 0 aliphatic rings. The van der Waals surface area contributed by atoms with E-state index in [2.05, 4.69) is 5.73 Å². The molecule has 0 aliphatic carbocycles. The first-order valence-corrected chi connectivity index (χ1v) is 5.01. The maximum Gasteiger partial charge on any atom is 0.217 e. The second-order valence-electron chi connectivity index (χ2n) is 3.19. The van der Waals surface area contributed by atoms with Crippen molar-refractivity contribution >= 4 is 5.91 Å². The Kier molecular flexibility index (Phi) is 12.8. The number of methoxy groups -OCH3 is 1. The molecule has 0 fully saturated rings. The van der Waals surface area contributed by atoms with Gasteiger partial charge in [0.15, 0.2) is 0 Å². The van der Waals surface area contributed by atoms with Crippen molar-refractivity contribution in [2.24, 2.45) is 5.73 Å².